The van der Waals surface area contributed by atoms with Gasteiger partial charge in [-0.3, -0.25) is 9.69 Å². The SMILES string of the molecule is COc1ccc(C=C2SC(=S)N(C(CC(C)C)C(=O)O)C2=O)cc1Br. The van der Waals surface area contributed by atoms with Crippen molar-refractivity contribution in [3.05, 3.63) is 33.1 Å². The zero-order valence-corrected chi connectivity index (χ0v) is 17.2. The summed E-state index contributed by atoms with van der Waals surface area (Å²) in [4.78, 5) is 25.9. The Labute approximate surface area is 164 Å². The standard InChI is InChI=1S/C17H18BrNO4S2/c1-9(2)6-12(16(21)22)19-15(20)14(25-17(19)24)8-10-4-5-13(23-3)11(18)7-10/h4-5,7-9,12H,6H2,1-3H3,(H,21,22). The smallest absolute Gasteiger partial charge is 0.326 e. The van der Waals surface area contributed by atoms with E-state index in [0.29, 0.717) is 17.1 Å². The Hall–Kier alpha value is -1.38. The quantitative estimate of drug-likeness (QED) is 0.525. The maximum Gasteiger partial charge on any atom is 0.326 e. The lowest BCUT2D eigenvalue weighted by atomic mass is 10.0. The van der Waals surface area contributed by atoms with Gasteiger partial charge in [0.2, 0.25) is 0 Å². The van der Waals surface area contributed by atoms with E-state index in [4.69, 9.17) is 17.0 Å². The summed E-state index contributed by atoms with van der Waals surface area (Å²) in [5, 5.41) is 9.49. The van der Waals surface area contributed by atoms with Crippen molar-refractivity contribution in [3.63, 3.8) is 0 Å². The average Bonchev–Trinajstić information content (AvgIpc) is 2.79. The second-order valence-electron chi connectivity index (χ2n) is 5.93. The molecule has 0 aromatic heterocycles. The van der Waals surface area contributed by atoms with E-state index >= 15 is 0 Å². The highest BCUT2D eigenvalue weighted by molar-refractivity contribution is 9.10. The molecule has 1 atom stereocenters. The van der Waals surface area contributed by atoms with E-state index in [1.54, 1.807) is 19.3 Å². The third-order valence-corrected chi connectivity index (χ3v) is 5.54. The summed E-state index contributed by atoms with van der Waals surface area (Å²) >= 11 is 9.79. The number of carbonyl (C=O) groups excluding carboxylic acids is 1. The molecule has 1 amide bonds. The maximum absolute atomic E-state index is 12.7. The van der Waals surface area contributed by atoms with Crippen molar-refractivity contribution < 1.29 is 19.4 Å². The number of carbonyl (C=O) groups is 2. The van der Waals surface area contributed by atoms with E-state index in [0.717, 1.165) is 21.8 Å². The van der Waals surface area contributed by atoms with Gasteiger partial charge in [0.15, 0.2) is 0 Å². The summed E-state index contributed by atoms with van der Waals surface area (Å²) < 4.78 is 6.23. The number of thiocarbonyl (C=S) groups is 1. The number of aliphatic carboxylic acids is 1. The average molecular weight is 444 g/mol. The number of halogens is 1. The van der Waals surface area contributed by atoms with Gasteiger partial charge in [-0.15, -0.1) is 0 Å². The predicted molar refractivity (Wildman–Crippen MR) is 107 cm³/mol. The van der Waals surface area contributed by atoms with E-state index in [2.05, 4.69) is 15.9 Å². The lowest BCUT2D eigenvalue weighted by molar-refractivity contribution is -0.145. The van der Waals surface area contributed by atoms with Crippen LogP contribution in [-0.4, -0.2) is 39.4 Å². The molecule has 5 nitrogen and oxygen atoms in total. The van der Waals surface area contributed by atoms with Crippen LogP contribution in [0, 0.1) is 5.92 Å². The lowest BCUT2D eigenvalue weighted by Gasteiger charge is -2.24. The molecule has 1 fully saturated rings. The summed E-state index contributed by atoms with van der Waals surface area (Å²) in [5.74, 6) is -0.590. The molecule has 1 aliphatic heterocycles. The third-order valence-electron chi connectivity index (χ3n) is 3.59. The molecule has 1 N–H and O–H groups in total. The first-order valence-corrected chi connectivity index (χ1v) is 9.59. The Balaban J connectivity index is 2.31. The highest BCUT2D eigenvalue weighted by atomic mass is 79.9. The van der Waals surface area contributed by atoms with Crippen molar-refractivity contribution in [2.75, 3.05) is 7.11 Å². The number of nitrogens with zero attached hydrogens (tertiary/aromatic N) is 1. The molecule has 8 heteroatoms. The molecule has 0 radical (unpaired) electrons. The van der Waals surface area contributed by atoms with E-state index in [-0.39, 0.29) is 16.1 Å². The predicted octanol–water partition coefficient (Wildman–Crippen LogP) is 4.16. The second-order valence-corrected chi connectivity index (χ2v) is 8.46. The van der Waals surface area contributed by atoms with Crippen molar-refractivity contribution in [3.8, 4) is 5.75 Å². The molecule has 1 unspecified atom stereocenters. The fourth-order valence-corrected chi connectivity index (χ4v) is 4.35. The van der Waals surface area contributed by atoms with Gasteiger partial charge in [-0.05, 0) is 52.0 Å². The third kappa shape index (κ3) is 4.62. The van der Waals surface area contributed by atoms with Gasteiger partial charge in [-0.25, -0.2) is 4.79 Å². The van der Waals surface area contributed by atoms with Crippen LogP contribution in [0.2, 0.25) is 0 Å². The van der Waals surface area contributed by atoms with Gasteiger partial charge in [0.25, 0.3) is 5.91 Å². The minimum absolute atomic E-state index is 0.132. The zero-order chi connectivity index (χ0) is 18.7. The van der Waals surface area contributed by atoms with Gasteiger partial charge < -0.3 is 9.84 Å². The summed E-state index contributed by atoms with van der Waals surface area (Å²) in [6.45, 7) is 3.83. The van der Waals surface area contributed by atoms with E-state index < -0.39 is 12.0 Å². The summed E-state index contributed by atoms with van der Waals surface area (Å²) in [5.41, 5.74) is 0.795. The van der Waals surface area contributed by atoms with Crippen LogP contribution in [0.4, 0.5) is 0 Å². The summed E-state index contributed by atoms with van der Waals surface area (Å²) in [6.07, 6.45) is 2.06. The molecule has 1 aromatic carbocycles. The minimum Gasteiger partial charge on any atom is -0.496 e. The van der Waals surface area contributed by atoms with Crippen LogP contribution in [0.1, 0.15) is 25.8 Å². The Kier molecular flexibility index (Phi) is 6.65. The summed E-state index contributed by atoms with van der Waals surface area (Å²) in [6, 6.07) is 4.49. The Morgan fingerprint density at radius 3 is 2.68 bits per heavy atom. The molecule has 0 bridgehead atoms. The number of rotatable bonds is 6. The van der Waals surface area contributed by atoms with Crippen molar-refractivity contribution in [2.24, 2.45) is 5.92 Å². The molecule has 1 heterocycles. The second kappa shape index (κ2) is 8.33. The topological polar surface area (TPSA) is 66.8 Å². The highest BCUT2D eigenvalue weighted by Gasteiger charge is 2.40. The molecule has 1 saturated heterocycles. The lowest BCUT2D eigenvalue weighted by Crippen LogP contribution is -2.44. The van der Waals surface area contributed by atoms with Crippen LogP contribution in [0.3, 0.4) is 0 Å². The van der Waals surface area contributed by atoms with Crippen LogP contribution < -0.4 is 4.74 Å². The maximum atomic E-state index is 12.7. The number of benzene rings is 1. The molecule has 0 aliphatic carbocycles. The Morgan fingerprint density at radius 2 is 2.16 bits per heavy atom. The van der Waals surface area contributed by atoms with Crippen molar-refractivity contribution in [2.45, 2.75) is 26.3 Å². The molecule has 0 saturated carbocycles. The fraction of sp³-hybridized carbons (Fsp3) is 0.353. The van der Waals surface area contributed by atoms with Gasteiger partial charge in [0, 0.05) is 0 Å². The highest BCUT2D eigenvalue weighted by Crippen LogP contribution is 2.36. The van der Waals surface area contributed by atoms with Crippen LogP contribution in [0.25, 0.3) is 6.08 Å². The number of carboxylic acid groups (broad SMARTS) is 1. The van der Waals surface area contributed by atoms with E-state index in [9.17, 15) is 14.7 Å². The molecule has 0 spiro atoms. The molecular formula is C17H18BrNO4S2. The van der Waals surface area contributed by atoms with Crippen molar-refractivity contribution in [1.82, 2.24) is 4.90 Å². The number of hydrogen-bond donors (Lipinski definition) is 1. The normalized spacial score (nSPS) is 17.5. The van der Waals surface area contributed by atoms with Gasteiger partial charge in [0.1, 0.15) is 16.1 Å². The van der Waals surface area contributed by atoms with Crippen LogP contribution in [-0.2, 0) is 9.59 Å². The number of hydrogen-bond acceptors (Lipinski definition) is 5. The van der Waals surface area contributed by atoms with Gasteiger partial charge in [0.05, 0.1) is 16.5 Å². The van der Waals surface area contributed by atoms with E-state index in [1.165, 1.54) is 4.90 Å². The molecule has 25 heavy (non-hydrogen) atoms. The van der Waals surface area contributed by atoms with Gasteiger partial charge >= 0.3 is 5.97 Å². The Bertz CT molecular complexity index is 748. The molecule has 1 aromatic rings. The van der Waals surface area contributed by atoms with Crippen LogP contribution in [0.5, 0.6) is 5.75 Å². The van der Waals surface area contributed by atoms with Gasteiger partial charge in [-0.2, -0.15) is 0 Å². The van der Waals surface area contributed by atoms with Crippen LogP contribution in [0.15, 0.2) is 27.6 Å². The fourth-order valence-electron chi connectivity index (χ4n) is 2.44. The zero-order valence-electron chi connectivity index (χ0n) is 14.0. The number of carboxylic acids is 1. The first-order valence-electron chi connectivity index (χ1n) is 7.58. The number of methoxy groups -OCH3 is 1. The molecule has 2 rings (SSSR count). The molecule has 134 valence electrons. The van der Waals surface area contributed by atoms with E-state index in [1.807, 2.05) is 26.0 Å². The Morgan fingerprint density at radius 1 is 1.48 bits per heavy atom. The summed E-state index contributed by atoms with van der Waals surface area (Å²) in [7, 11) is 1.58. The first kappa shape index (κ1) is 19.9. The number of thioether (sulfide) groups is 1. The molecule has 1 aliphatic rings. The largest absolute Gasteiger partial charge is 0.496 e. The van der Waals surface area contributed by atoms with Crippen molar-refractivity contribution >= 4 is 62.2 Å². The number of ether oxygens (including phenoxy) is 1. The van der Waals surface area contributed by atoms with Crippen molar-refractivity contribution in [1.29, 1.82) is 0 Å². The number of amides is 1. The van der Waals surface area contributed by atoms with Crippen LogP contribution >= 0.6 is 39.9 Å². The molecular weight excluding hydrogens is 426 g/mol. The first-order chi connectivity index (χ1) is 11.7. The van der Waals surface area contributed by atoms with Gasteiger partial charge in [-0.1, -0.05) is 43.9 Å². The minimum atomic E-state index is -1.04. The monoisotopic (exact) mass is 443 g/mol.